The van der Waals surface area contributed by atoms with Crippen molar-refractivity contribution < 1.29 is 9.53 Å². The van der Waals surface area contributed by atoms with Crippen molar-refractivity contribution in [2.45, 2.75) is 6.61 Å². The number of aromatic nitrogens is 2. The number of benzene rings is 1. The molecule has 0 aliphatic rings. The van der Waals surface area contributed by atoms with Crippen molar-refractivity contribution in [2.24, 2.45) is 0 Å². The average Bonchev–Trinajstić information content (AvgIpc) is 2.26. The van der Waals surface area contributed by atoms with Crippen molar-refractivity contribution in [3.8, 4) is 0 Å². The molecule has 0 atom stereocenters. The molecule has 0 bridgehead atoms. The number of fused-ring (bicyclic) bond motifs is 1. The van der Waals surface area contributed by atoms with Crippen LogP contribution in [0, 0.1) is 0 Å². The molecule has 0 fully saturated rings. The zero-order chi connectivity index (χ0) is 9.80. The van der Waals surface area contributed by atoms with Crippen LogP contribution in [0.5, 0.6) is 0 Å². The van der Waals surface area contributed by atoms with E-state index in [1.54, 1.807) is 12.4 Å². The summed E-state index contributed by atoms with van der Waals surface area (Å²) in [6.07, 6.45) is 3.27. The first-order valence-corrected chi connectivity index (χ1v) is 4.15. The lowest BCUT2D eigenvalue weighted by atomic mass is 10.2. The Morgan fingerprint density at radius 1 is 1.21 bits per heavy atom. The number of nitrogens with zero attached hydrogens (tertiary/aromatic N) is 2. The van der Waals surface area contributed by atoms with Gasteiger partial charge in [-0.25, -0.2) is 0 Å². The second-order valence-electron chi connectivity index (χ2n) is 2.79. The highest BCUT2D eigenvalue weighted by Crippen LogP contribution is 2.11. The molecule has 0 N–H and O–H groups in total. The summed E-state index contributed by atoms with van der Waals surface area (Å²) in [5.74, 6) is 0. The van der Waals surface area contributed by atoms with Crippen LogP contribution in [0.15, 0.2) is 30.6 Å². The molecular formula is C10H8N2O2. The van der Waals surface area contributed by atoms with Gasteiger partial charge in [0.05, 0.1) is 11.0 Å². The topological polar surface area (TPSA) is 52.1 Å². The molecule has 0 amide bonds. The summed E-state index contributed by atoms with van der Waals surface area (Å²) < 4.78 is 4.64. The molecule has 1 heterocycles. The SMILES string of the molecule is O=COCc1ccc2nccnc2c1. The molecule has 0 aliphatic carbocycles. The van der Waals surface area contributed by atoms with Gasteiger partial charge >= 0.3 is 0 Å². The lowest BCUT2D eigenvalue weighted by Gasteiger charge is -2.00. The summed E-state index contributed by atoms with van der Waals surface area (Å²) in [5.41, 5.74) is 2.55. The second-order valence-corrected chi connectivity index (χ2v) is 2.79. The van der Waals surface area contributed by atoms with Gasteiger partial charge in [0.1, 0.15) is 6.61 Å². The van der Waals surface area contributed by atoms with E-state index in [1.807, 2.05) is 18.2 Å². The maximum absolute atomic E-state index is 9.99. The van der Waals surface area contributed by atoms with Crippen LogP contribution in [0.4, 0.5) is 0 Å². The van der Waals surface area contributed by atoms with Crippen LogP contribution in [0.2, 0.25) is 0 Å². The number of hydrogen-bond donors (Lipinski definition) is 0. The molecule has 4 heteroatoms. The van der Waals surface area contributed by atoms with E-state index in [0.717, 1.165) is 16.6 Å². The maximum atomic E-state index is 9.99. The Balaban J connectivity index is 2.36. The normalized spacial score (nSPS) is 10.0. The van der Waals surface area contributed by atoms with Crippen LogP contribution in [0.1, 0.15) is 5.56 Å². The summed E-state index contributed by atoms with van der Waals surface area (Å²) in [5, 5.41) is 0. The first-order chi connectivity index (χ1) is 6.90. The lowest BCUT2D eigenvalue weighted by molar-refractivity contribution is -0.129. The number of carbonyl (C=O) groups is 1. The zero-order valence-electron chi connectivity index (χ0n) is 7.38. The molecule has 0 spiro atoms. The van der Waals surface area contributed by atoms with Crippen LogP contribution in [-0.2, 0) is 16.1 Å². The van der Waals surface area contributed by atoms with Gasteiger partial charge in [0.25, 0.3) is 6.47 Å². The molecule has 2 aromatic rings. The number of rotatable bonds is 3. The van der Waals surface area contributed by atoms with Crippen molar-refractivity contribution in [3.05, 3.63) is 36.2 Å². The molecule has 0 unspecified atom stereocenters. The van der Waals surface area contributed by atoms with Crippen LogP contribution in [-0.4, -0.2) is 16.4 Å². The molecule has 70 valence electrons. The van der Waals surface area contributed by atoms with E-state index < -0.39 is 0 Å². The highest BCUT2D eigenvalue weighted by atomic mass is 16.5. The van der Waals surface area contributed by atoms with E-state index in [1.165, 1.54) is 0 Å². The molecular weight excluding hydrogens is 180 g/mol. The Hall–Kier alpha value is -1.97. The summed E-state index contributed by atoms with van der Waals surface area (Å²) in [7, 11) is 0. The number of hydrogen-bond acceptors (Lipinski definition) is 4. The molecule has 4 nitrogen and oxygen atoms in total. The molecule has 0 radical (unpaired) electrons. The van der Waals surface area contributed by atoms with E-state index >= 15 is 0 Å². The minimum absolute atomic E-state index is 0.274. The van der Waals surface area contributed by atoms with E-state index in [0.29, 0.717) is 6.47 Å². The molecule has 0 saturated heterocycles. The molecule has 0 saturated carbocycles. The van der Waals surface area contributed by atoms with Crippen LogP contribution >= 0.6 is 0 Å². The first kappa shape index (κ1) is 8.62. The average molecular weight is 188 g/mol. The summed E-state index contributed by atoms with van der Waals surface area (Å²) in [6.45, 7) is 0.705. The Labute approximate surface area is 80.6 Å². The standard InChI is InChI=1S/C10H8N2O2/c13-7-14-6-8-1-2-9-10(5-8)12-4-3-11-9/h1-5,7H,6H2. The minimum Gasteiger partial charge on any atom is -0.463 e. The molecule has 1 aromatic carbocycles. The second kappa shape index (κ2) is 3.83. The number of ether oxygens (including phenoxy) is 1. The van der Waals surface area contributed by atoms with Gasteiger partial charge in [-0.2, -0.15) is 0 Å². The van der Waals surface area contributed by atoms with Crippen molar-refractivity contribution in [2.75, 3.05) is 0 Å². The fourth-order valence-corrected chi connectivity index (χ4v) is 1.23. The maximum Gasteiger partial charge on any atom is 0.293 e. The van der Waals surface area contributed by atoms with Crippen LogP contribution < -0.4 is 0 Å². The highest BCUT2D eigenvalue weighted by Gasteiger charge is 1.97. The van der Waals surface area contributed by atoms with Gasteiger partial charge in [-0.3, -0.25) is 14.8 Å². The third kappa shape index (κ3) is 1.69. The van der Waals surface area contributed by atoms with Crippen molar-refractivity contribution >= 4 is 17.5 Å². The monoisotopic (exact) mass is 188 g/mol. The van der Waals surface area contributed by atoms with E-state index in [9.17, 15) is 4.79 Å². The third-order valence-electron chi connectivity index (χ3n) is 1.85. The summed E-state index contributed by atoms with van der Waals surface area (Å²) in [4.78, 5) is 18.3. The minimum atomic E-state index is 0.274. The Bertz CT molecular complexity index is 457. The van der Waals surface area contributed by atoms with Crippen molar-refractivity contribution in [1.82, 2.24) is 9.97 Å². The fraction of sp³-hybridized carbons (Fsp3) is 0.100. The van der Waals surface area contributed by atoms with Gasteiger partial charge in [0.15, 0.2) is 0 Å². The Morgan fingerprint density at radius 3 is 2.79 bits per heavy atom. The number of carbonyl (C=O) groups excluding carboxylic acids is 1. The summed E-state index contributed by atoms with van der Waals surface area (Å²) in [6, 6.07) is 5.57. The van der Waals surface area contributed by atoms with E-state index in [-0.39, 0.29) is 6.61 Å². The van der Waals surface area contributed by atoms with Gasteiger partial charge in [0, 0.05) is 12.4 Å². The van der Waals surface area contributed by atoms with Gasteiger partial charge < -0.3 is 4.74 Å². The third-order valence-corrected chi connectivity index (χ3v) is 1.85. The van der Waals surface area contributed by atoms with E-state index in [2.05, 4.69) is 14.7 Å². The Morgan fingerprint density at radius 2 is 2.00 bits per heavy atom. The summed E-state index contributed by atoms with van der Waals surface area (Å²) >= 11 is 0. The van der Waals surface area contributed by atoms with Gasteiger partial charge in [0.2, 0.25) is 0 Å². The largest absolute Gasteiger partial charge is 0.463 e. The van der Waals surface area contributed by atoms with Gasteiger partial charge in [-0.05, 0) is 17.7 Å². The molecule has 2 rings (SSSR count). The molecule has 14 heavy (non-hydrogen) atoms. The van der Waals surface area contributed by atoms with Gasteiger partial charge in [-0.15, -0.1) is 0 Å². The lowest BCUT2D eigenvalue weighted by Crippen LogP contribution is -1.91. The molecule has 1 aromatic heterocycles. The quantitative estimate of drug-likeness (QED) is 0.681. The van der Waals surface area contributed by atoms with E-state index in [4.69, 9.17) is 0 Å². The fourth-order valence-electron chi connectivity index (χ4n) is 1.23. The van der Waals surface area contributed by atoms with Crippen LogP contribution in [0.3, 0.4) is 0 Å². The van der Waals surface area contributed by atoms with Crippen molar-refractivity contribution in [1.29, 1.82) is 0 Å². The first-order valence-electron chi connectivity index (χ1n) is 4.15. The molecule has 0 aliphatic heterocycles. The predicted octanol–water partition coefficient (Wildman–Crippen LogP) is 1.30. The van der Waals surface area contributed by atoms with Crippen LogP contribution in [0.25, 0.3) is 11.0 Å². The smallest absolute Gasteiger partial charge is 0.293 e. The van der Waals surface area contributed by atoms with Crippen molar-refractivity contribution in [3.63, 3.8) is 0 Å². The highest BCUT2D eigenvalue weighted by molar-refractivity contribution is 5.74. The van der Waals surface area contributed by atoms with Gasteiger partial charge in [-0.1, -0.05) is 6.07 Å². The predicted molar refractivity (Wildman–Crippen MR) is 50.4 cm³/mol. The zero-order valence-corrected chi connectivity index (χ0v) is 7.38. The Kier molecular flexibility index (Phi) is 2.36.